The van der Waals surface area contributed by atoms with Crippen LogP contribution in [-0.2, 0) is 6.42 Å². The van der Waals surface area contributed by atoms with E-state index in [-0.39, 0.29) is 0 Å². The highest BCUT2D eigenvalue weighted by Crippen LogP contribution is 2.29. The number of benzene rings is 1. The van der Waals surface area contributed by atoms with E-state index in [9.17, 15) is 0 Å². The van der Waals surface area contributed by atoms with E-state index in [2.05, 4.69) is 31.4 Å². The summed E-state index contributed by atoms with van der Waals surface area (Å²) in [5.41, 5.74) is 9.03. The molecule has 0 bridgehead atoms. The van der Waals surface area contributed by atoms with Crippen molar-refractivity contribution in [3.05, 3.63) is 24.0 Å². The first-order chi connectivity index (χ1) is 10.2. The summed E-state index contributed by atoms with van der Waals surface area (Å²) in [4.78, 5) is 4.86. The Morgan fingerprint density at radius 3 is 2.57 bits per heavy atom. The summed E-state index contributed by atoms with van der Waals surface area (Å²) in [5, 5.41) is 0. The van der Waals surface area contributed by atoms with Gasteiger partial charge in [-0.2, -0.15) is 0 Å². The Balaban J connectivity index is 2.48. The average Bonchev–Trinajstić information content (AvgIpc) is 2.81. The van der Waals surface area contributed by atoms with Gasteiger partial charge in [0.2, 0.25) is 0 Å². The highest BCUT2D eigenvalue weighted by Gasteiger charge is 2.18. The van der Waals surface area contributed by atoms with Crippen LogP contribution in [0.25, 0.3) is 11.0 Å². The number of rotatable bonds is 8. The van der Waals surface area contributed by atoms with Crippen LogP contribution >= 0.6 is 0 Å². The molecule has 0 saturated carbocycles. The molecule has 21 heavy (non-hydrogen) atoms. The van der Waals surface area contributed by atoms with Gasteiger partial charge in [0.1, 0.15) is 5.82 Å². The van der Waals surface area contributed by atoms with Gasteiger partial charge in [0, 0.05) is 18.2 Å². The summed E-state index contributed by atoms with van der Waals surface area (Å²) in [6.07, 6.45) is 8.40. The van der Waals surface area contributed by atoms with Gasteiger partial charge >= 0.3 is 0 Å². The van der Waals surface area contributed by atoms with Crippen molar-refractivity contribution in [2.45, 2.75) is 71.8 Å². The third-order valence-electron chi connectivity index (χ3n) is 4.14. The van der Waals surface area contributed by atoms with Crippen molar-refractivity contribution in [2.75, 3.05) is 5.73 Å². The summed E-state index contributed by atoms with van der Waals surface area (Å²) in [6, 6.07) is 6.73. The molecule has 116 valence electrons. The van der Waals surface area contributed by atoms with E-state index in [1.165, 1.54) is 43.4 Å². The SMILES string of the molecule is CCCCC(CCC)n1c(CCC)nc2cc(N)ccc21. The first-order valence-electron chi connectivity index (χ1n) is 8.47. The maximum absolute atomic E-state index is 5.92. The van der Waals surface area contributed by atoms with Crippen LogP contribution in [0.15, 0.2) is 18.2 Å². The third kappa shape index (κ3) is 3.58. The number of anilines is 1. The van der Waals surface area contributed by atoms with Crippen molar-refractivity contribution < 1.29 is 0 Å². The summed E-state index contributed by atoms with van der Waals surface area (Å²) in [7, 11) is 0. The number of nitrogens with two attached hydrogens (primary N) is 1. The second-order valence-corrected chi connectivity index (χ2v) is 5.98. The third-order valence-corrected chi connectivity index (χ3v) is 4.14. The van der Waals surface area contributed by atoms with E-state index < -0.39 is 0 Å². The quantitative estimate of drug-likeness (QED) is 0.686. The zero-order chi connectivity index (χ0) is 15.2. The molecule has 0 radical (unpaired) electrons. The van der Waals surface area contributed by atoms with Gasteiger partial charge in [-0.05, 0) is 37.5 Å². The predicted octanol–water partition coefficient (Wildman–Crippen LogP) is 5.10. The van der Waals surface area contributed by atoms with Crippen LogP contribution in [0.2, 0.25) is 0 Å². The number of nitrogens with zero attached hydrogens (tertiary/aromatic N) is 2. The van der Waals surface area contributed by atoms with Crippen LogP contribution in [0, 0.1) is 0 Å². The minimum atomic E-state index is 0.574. The fourth-order valence-corrected chi connectivity index (χ4v) is 3.15. The number of hydrogen-bond acceptors (Lipinski definition) is 2. The maximum Gasteiger partial charge on any atom is 0.110 e. The first-order valence-corrected chi connectivity index (χ1v) is 8.47. The van der Waals surface area contributed by atoms with Gasteiger partial charge in [-0.25, -0.2) is 4.98 Å². The summed E-state index contributed by atoms with van der Waals surface area (Å²) in [5.74, 6) is 1.23. The lowest BCUT2D eigenvalue weighted by Crippen LogP contribution is -2.12. The fourth-order valence-electron chi connectivity index (χ4n) is 3.15. The van der Waals surface area contributed by atoms with Crippen LogP contribution in [0.4, 0.5) is 5.69 Å². The van der Waals surface area contributed by atoms with E-state index in [0.717, 1.165) is 24.0 Å². The Hall–Kier alpha value is -1.51. The molecule has 3 nitrogen and oxygen atoms in total. The second-order valence-electron chi connectivity index (χ2n) is 5.98. The lowest BCUT2D eigenvalue weighted by atomic mass is 10.0. The molecule has 0 aliphatic heterocycles. The lowest BCUT2D eigenvalue weighted by Gasteiger charge is -2.21. The lowest BCUT2D eigenvalue weighted by molar-refractivity contribution is 0.414. The average molecular weight is 287 g/mol. The highest BCUT2D eigenvalue weighted by molar-refractivity contribution is 5.79. The maximum atomic E-state index is 5.92. The molecule has 0 aliphatic rings. The Morgan fingerprint density at radius 2 is 1.90 bits per heavy atom. The van der Waals surface area contributed by atoms with Crippen molar-refractivity contribution in [2.24, 2.45) is 0 Å². The van der Waals surface area contributed by atoms with Crippen LogP contribution in [0.1, 0.15) is 71.2 Å². The van der Waals surface area contributed by atoms with Crippen LogP contribution < -0.4 is 5.73 Å². The summed E-state index contributed by atoms with van der Waals surface area (Å²) >= 11 is 0. The molecule has 0 amide bonds. The molecule has 1 aromatic carbocycles. The molecule has 2 rings (SSSR count). The van der Waals surface area contributed by atoms with Gasteiger partial charge in [-0.15, -0.1) is 0 Å². The number of fused-ring (bicyclic) bond motifs is 1. The normalized spacial score (nSPS) is 12.9. The molecule has 1 unspecified atom stereocenters. The molecule has 0 saturated heterocycles. The molecule has 0 spiro atoms. The van der Waals surface area contributed by atoms with Gasteiger partial charge in [0.15, 0.2) is 0 Å². The van der Waals surface area contributed by atoms with E-state index in [1.807, 2.05) is 12.1 Å². The monoisotopic (exact) mass is 287 g/mol. The zero-order valence-electron chi connectivity index (χ0n) is 13.7. The van der Waals surface area contributed by atoms with Crippen LogP contribution in [0.3, 0.4) is 0 Å². The standard InChI is InChI=1S/C18H29N3/c1-4-7-10-15(8-5-2)21-17-12-11-14(19)13-16(17)20-18(21)9-6-3/h11-13,15H,4-10,19H2,1-3H3. The smallest absolute Gasteiger partial charge is 0.110 e. The molecular weight excluding hydrogens is 258 g/mol. The predicted molar refractivity (Wildman–Crippen MR) is 91.6 cm³/mol. The molecule has 0 fully saturated rings. The number of aryl methyl sites for hydroxylation is 1. The van der Waals surface area contributed by atoms with Crippen LogP contribution in [0.5, 0.6) is 0 Å². The molecular formula is C18H29N3. The topological polar surface area (TPSA) is 43.8 Å². The zero-order valence-corrected chi connectivity index (χ0v) is 13.7. The number of nitrogen functional groups attached to an aromatic ring is 1. The van der Waals surface area contributed by atoms with E-state index in [1.54, 1.807) is 0 Å². The van der Waals surface area contributed by atoms with Crippen molar-refractivity contribution in [3.63, 3.8) is 0 Å². The molecule has 2 N–H and O–H groups in total. The number of unbranched alkanes of at least 4 members (excludes halogenated alkanes) is 1. The van der Waals surface area contributed by atoms with Gasteiger partial charge < -0.3 is 10.3 Å². The van der Waals surface area contributed by atoms with Gasteiger partial charge in [-0.3, -0.25) is 0 Å². The number of hydrogen-bond donors (Lipinski definition) is 1. The van der Waals surface area contributed by atoms with Crippen LogP contribution in [-0.4, -0.2) is 9.55 Å². The minimum absolute atomic E-state index is 0.574. The van der Waals surface area contributed by atoms with E-state index >= 15 is 0 Å². The molecule has 1 heterocycles. The van der Waals surface area contributed by atoms with E-state index in [4.69, 9.17) is 10.7 Å². The van der Waals surface area contributed by atoms with E-state index in [0.29, 0.717) is 6.04 Å². The largest absolute Gasteiger partial charge is 0.399 e. The fraction of sp³-hybridized carbons (Fsp3) is 0.611. The van der Waals surface area contributed by atoms with Crippen molar-refractivity contribution in [3.8, 4) is 0 Å². The molecule has 2 aromatic rings. The number of aromatic nitrogens is 2. The van der Waals surface area contributed by atoms with Crippen molar-refractivity contribution >= 4 is 16.7 Å². The summed E-state index contributed by atoms with van der Waals surface area (Å²) in [6.45, 7) is 6.76. The highest BCUT2D eigenvalue weighted by atomic mass is 15.1. The number of imidazole rings is 1. The van der Waals surface area contributed by atoms with Crippen molar-refractivity contribution in [1.29, 1.82) is 0 Å². The van der Waals surface area contributed by atoms with Gasteiger partial charge in [0.05, 0.1) is 11.0 Å². The molecule has 1 atom stereocenters. The van der Waals surface area contributed by atoms with Gasteiger partial charge in [-0.1, -0.05) is 40.0 Å². The van der Waals surface area contributed by atoms with Gasteiger partial charge in [0.25, 0.3) is 0 Å². The molecule has 3 heteroatoms. The molecule has 1 aromatic heterocycles. The molecule has 0 aliphatic carbocycles. The second kappa shape index (κ2) is 7.48. The Kier molecular flexibility index (Phi) is 5.66. The minimum Gasteiger partial charge on any atom is -0.399 e. The Bertz CT molecular complexity index is 571. The van der Waals surface area contributed by atoms with Crippen molar-refractivity contribution in [1.82, 2.24) is 9.55 Å². The first kappa shape index (κ1) is 15.9. The Labute approximate surface area is 128 Å². The summed E-state index contributed by atoms with van der Waals surface area (Å²) < 4.78 is 2.50. The Morgan fingerprint density at radius 1 is 1.10 bits per heavy atom.